The van der Waals surface area contributed by atoms with Gasteiger partial charge in [0.25, 0.3) is 11.8 Å². The Morgan fingerprint density at radius 2 is 1.87 bits per heavy atom. The Morgan fingerprint density at radius 1 is 1.13 bits per heavy atom. The van der Waals surface area contributed by atoms with Gasteiger partial charge in [0.05, 0.1) is 13.7 Å². The number of rotatable bonds is 3. The molecule has 4 rings (SSSR count). The lowest BCUT2D eigenvalue weighted by Gasteiger charge is -2.33. The van der Waals surface area contributed by atoms with E-state index in [1.165, 1.54) is 12.7 Å². The second-order valence-corrected chi connectivity index (χ2v) is 7.97. The first kappa shape index (κ1) is 20.3. The van der Waals surface area contributed by atoms with Crippen LogP contribution in [-0.4, -0.2) is 53.8 Å². The van der Waals surface area contributed by atoms with Crippen LogP contribution in [0.25, 0.3) is 0 Å². The fourth-order valence-corrected chi connectivity index (χ4v) is 4.30. The van der Waals surface area contributed by atoms with Crippen molar-refractivity contribution in [3.05, 3.63) is 64.7 Å². The maximum atomic E-state index is 14.3. The van der Waals surface area contributed by atoms with Crippen LogP contribution in [0.2, 0.25) is 0 Å². The molecule has 2 amide bonds. The number of benzene rings is 2. The zero-order chi connectivity index (χ0) is 21.5. The average Bonchev–Trinajstić information content (AvgIpc) is 3.07. The second-order valence-electron chi connectivity index (χ2n) is 7.97. The van der Waals surface area contributed by atoms with Gasteiger partial charge < -0.3 is 14.5 Å². The first-order valence-electron chi connectivity index (χ1n) is 9.98. The van der Waals surface area contributed by atoms with Crippen LogP contribution in [0.15, 0.2) is 42.5 Å². The molecule has 2 heterocycles. The number of halogens is 2. The van der Waals surface area contributed by atoms with Crippen molar-refractivity contribution in [2.24, 2.45) is 0 Å². The van der Waals surface area contributed by atoms with E-state index in [2.05, 4.69) is 0 Å². The summed E-state index contributed by atoms with van der Waals surface area (Å²) in [5.74, 6) is -3.48. The van der Waals surface area contributed by atoms with Gasteiger partial charge in [-0.15, -0.1) is 0 Å². The molecule has 2 aliphatic rings. The van der Waals surface area contributed by atoms with Crippen LogP contribution in [0.4, 0.5) is 8.78 Å². The summed E-state index contributed by atoms with van der Waals surface area (Å²) in [6.07, 6.45) is 0.0292. The standard InChI is InChI=1S/C23H24F2N2O3/c1-15-11-18(30-2)7-8-19(15)21(28)27-14-23(24,25)12-20(27)22(29)26-10-9-16-5-3-4-6-17(16)13-26/h3-8,11,20H,9-10,12-14H2,1-2H3/t20-/m0/s1. The molecule has 0 spiro atoms. The molecule has 1 atom stereocenters. The third-order valence-electron chi connectivity index (χ3n) is 5.92. The first-order chi connectivity index (χ1) is 14.3. The molecule has 0 aromatic heterocycles. The quantitative estimate of drug-likeness (QED) is 0.773. The predicted octanol–water partition coefficient (Wildman–Crippen LogP) is 3.44. The van der Waals surface area contributed by atoms with Gasteiger partial charge in [0.2, 0.25) is 5.91 Å². The molecule has 2 aromatic carbocycles. The van der Waals surface area contributed by atoms with E-state index in [0.29, 0.717) is 36.4 Å². The summed E-state index contributed by atoms with van der Waals surface area (Å²) in [6, 6.07) is 11.5. The Morgan fingerprint density at radius 3 is 2.57 bits per heavy atom. The molecule has 0 bridgehead atoms. The van der Waals surface area contributed by atoms with Gasteiger partial charge in [0.15, 0.2) is 0 Å². The lowest BCUT2D eigenvalue weighted by molar-refractivity contribution is -0.136. The molecular formula is C23H24F2N2O3. The SMILES string of the molecule is COc1ccc(C(=O)N2CC(F)(F)C[C@H]2C(=O)N2CCc3ccccc3C2)c(C)c1. The Hall–Kier alpha value is -2.96. The number of carbonyl (C=O) groups excluding carboxylic acids is 2. The van der Waals surface area contributed by atoms with Gasteiger partial charge >= 0.3 is 0 Å². The molecule has 2 aliphatic heterocycles. The van der Waals surface area contributed by atoms with Crippen LogP contribution in [0.5, 0.6) is 5.75 Å². The van der Waals surface area contributed by atoms with Crippen LogP contribution in [0, 0.1) is 6.92 Å². The molecule has 30 heavy (non-hydrogen) atoms. The van der Waals surface area contributed by atoms with Gasteiger partial charge in [-0.25, -0.2) is 8.78 Å². The van der Waals surface area contributed by atoms with Crippen molar-refractivity contribution in [2.75, 3.05) is 20.2 Å². The van der Waals surface area contributed by atoms with E-state index in [4.69, 9.17) is 4.74 Å². The summed E-state index contributed by atoms with van der Waals surface area (Å²) in [5.41, 5.74) is 3.11. The van der Waals surface area contributed by atoms with E-state index in [-0.39, 0.29) is 0 Å². The predicted molar refractivity (Wildman–Crippen MR) is 108 cm³/mol. The van der Waals surface area contributed by atoms with Crippen LogP contribution in [0.3, 0.4) is 0 Å². The minimum Gasteiger partial charge on any atom is -0.497 e. The highest BCUT2D eigenvalue weighted by Crippen LogP contribution is 2.35. The number of alkyl halides is 2. The third kappa shape index (κ3) is 3.76. The second kappa shape index (κ2) is 7.70. The Bertz CT molecular complexity index is 992. The zero-order valence-electron chi connectivity index (χ0n) is 17.0. The van der Waals surface area contributed by atoms with E-state index >= 15 is 0 Å². The lowest BCUT2D eigenvalue weighted by atomic mass is 9.99. The van der Waals surface area contributed by atoms with Gasteiger partial charge in [-0.2, -0.15) is 0 Å². The molecule has 0 radical (unpaired) electrons. The number of amides is 2. The lowest BCUT2D eigenvalue weighted by Crippen LogP contribution is -2.49. The molecule has 2 aromatic rings. The van der Waals surface area contributed by atoms with E-state index < -0.39 is 36.7 Å². The van der Waals surface area contributed by atoms with Crippen molar-refractivity contribution in [3.63, 3.8) is 0 Å². The number of likely N-dealkylation sites (tertiary alicyclic amines) is 1. The summed E-state index contributed by atoms with van der Waals surface area (Å²) in [5, 5.41) is 0. The number of ether oxygens (including phenoxy) is 1. The maximum absolute atomic E-state index is 14.3. The van der Waals surface area contributed by atoms with Crippen molar-refractivity contribution in [1.82, 2.24) is 9.80 Å². The first-order valence-corrected chi connectivity index (χ1v) is 9.98. The van der Waals surface area contributed by atoms with Crippen molar-refractivity contribution >= 4 is 11.8 Å². The van der Waals surface area contributed by atoms with Crippen molar-refractivity contribution in [1.29, 1.82) is 0 Å². The van der Waals surface area contributed by atoms with Gasteiger partial charge in [-0.3, -0.25) is 9.59 Å². The maximum Gasteiger partial charge on any atom is 0.267 e. The van der Waals surface area contributed by atoms with Crippen molar-refractivity contribution in [3.8, 4) is 5.75 Å². The van der Waals surface area contributed by atoms with Crippen molar-refractivity contribution in [2.45, 2.75) is 38.3 Å². The molecule has 7 heteroatoms. The Kier molecular flexibility index (Phi) is 5.22. The number of carbonyl (C=O) groups is 2. The van der Waals surface area contributed by atoms with Crippen LogP contribution >= 0.6 is 0 Å². The van der Waals surface area contributed by atoms with Crippen LogP contribution in [-0.2, 0) is 17.8 Å². The number of aryl methyl sites for hydroxylation is 1. The Labute approximate surface area is 174 Å². The van der Waals surface area contributed by atoms with Gasteiger partial charge in [-0.05, 0) is 48.2 Å². The number of fused-ring (bicyclic) bond motifs is 1. The zero-order valence-corrected chi connectivity index (χ0v) is 17.0. The smallest absolute Gasteiger partial charge is 0.267 e. The molecule has 5 nitrogen and oxygen atoms in total. The fraction of sp³-hybridized carbons (Fsp3) is 0.391. The minimum absolute atomic E-state index is 0.301. The molecule has 0 aliphatic carbocycles. The van der Waals surface area contributed by atoms with Gasteiger partial charge in [-0.1, -0.05) is 24.3 Å². The summed E-state index contributed by atoms with van der Waals surface area (Å²) in [4.78, 5) is 29.0. The molecule has 0 saturated carbocycles. The highest BCUT2D eigenvalue weighted by molar-refractivity contribution is 5.99. The Balaban J connectivity index is 1.59. The largest absolute Gasteiger partial charge is 0.497 e. The van der Waals surface area contributed by atoms with E-state index in [1.807, 2.05) is 24.3 Å². The van der Waals surface area contributed by atoms with Crippen LogP contribution < -0.4 is 4.74 Å². The summed E-state index contributed by atoms with van der Waals surface area (Å²) in [6.45, 7) is 1.81. The van der Waals surface area contributed by atoms with E-state index in [0.717, 1.165) is 10.5 Å². The van der Waals surface area contributed by atoms with Crippen molar-refractivity contribution < 1.29 is 23.1 Å². The average molecular weight is 414 g/mol. The topological polar surface area (TPSA) is 49.9 Å². The number of hydrogen-bond donors (Lipinski definition) is 0. The highest BCUT2D eigenvalue weighted by atomic mass is 19.3. The van der Waals surface area contributed by atoms with E-state index in [1.54, 1.807) is 30.0 Å². The number of methoxy groups -OCH3 is 1. The molecule has 158 valence electrons. The van der Waals surface area contributed by atoms with Crippen LogP contribution in [0.1, 0.15) is 33.5 Å². The molecule has 1 fully saturated rings. The summed E-state index contributed by atoms with van der Waals surface area (Å²) in [7, 11) is 1.52. The number of hydrogen-bond acceptors (Lipinski definition) is 3. The van der Waals surface area contributed by atoms with Gasteiger partial charge in [0.1, 0.15) is 11.8 Å². The molecule has 1 saturated heterocycles. The summed E-state index contributed by atoms with van der Waals surface area (Å²) >= 11 is 0. The molecule has 0 N–H and O–H groups in total. The minimum atomic E-state index is -3.09. The summed E-state index contributed by atoms with van der Waals surface area (Å²) < 4.78 is 33.8. The molecule has 0 unspecified atom stereocenters. The normalized spacial score (nSPS) is 20.1. The van der Waals surface area contributed by atoms with E-state index in [9.17, 15) is 18.4 Å². The molecular weight excluding hydrogens is 390 g/mol. The van der Waals surface area contributed by atoms with Gasteiger partial charge in [0, 0.05) is 25.1 Å². The number of nitrogens with zero attached hydrogens (tertiary/aromatic N) is 2. The monoisotopic (exact) mass is 414 g/mol. The fourth-order valence-electron chi connectivity index (χ4n) is 4.30. The third-order valence-corrected chi connectivity index (χ3v) is 5.92. The highest BCUT2D eigenvalue weighted by Gasteiger charge is 2.51.